The van der Waals surface area contributed by atoms with Gasteiger partial charge >= 0.3 is 0 Å². The van der Waals surface area contributed by atoms with Crippen LogP contribution in [0.15, 0.2) is 97.0 Å². The van der Waals surface area contributed by atoms with E-state index in [1.54, 1.807) is 6.20 Å². The molecule has 6 aromatic rings. The Hall–Kier alpha value is -3.70. The molecule has 1 aliphatic heterocycles. The van der Waals surface area contributed by atoms with Gasteiger partial charge in [0, 0.05) is 69.8 Å². The van der Waals surface area contributed by atoms with E-state index in [-0.39, 0.29) is 30.9 Å². The maximum absolute atomic E-state index is 10.0. The number of thiophene rings is 1. The first-order valence-corrected chi connectivity index (χ1v) is 17.7. The topological polar surface area (TPSA) is 39.6 Å². The molecule has 3 heterocycles. The molecule has 6 heteroatoms. The zero-order valence-corrected chi connectivity index (χ0v) is 33.3. The van der Waals surface area contributed by atoms with Gasteiger partial charge in [-0.2, -0.15) is 6.67 Å². The number of fused-ring (bicyclic) bond motifs is 5. The van der Waals surface area contributed by atoms with Crippen LogP contribution in [0.1, 0.15) is 66.5 Å². The summed E-state index contributed by atoms with van der Waals surface area (Å²) in [4.78, 5) is 8.87. The monoisotopic (exact) mass is 846 g/mol. The number of rotatable bonds is 4. The van der Waals surface area contributed by atoms with Gasteiger partial charge in [-0.15, -0.1) is 40.5 Å². The van der Waals surface area contributed by atoms with Crippen LogP contribution in [0.25, 0.3) is 42.2 Å². The fourth-order valence-electron chi connectivity index (χ4n) is 6.27. The van der Waals surface area contributed by atoms with Crippen molar-refractivity contribution in [2.24, 2.45) is 11.3 Å². The quantitative estimate of drug-likeness (QED) is 0.142. The van der Waals surface area contributed by atoms with Gasteiger partial charge in [0.2, 0.25) is 0 Å². The summed E-state index contributed by atoms with van der Waals surface area (Å²) < 4.78 is 2.66. The Labute approximate surface area is 309 Å². The molecule has 0 fully saturated rings. The molecule has 0 bridgehead atoms. The number of aliphatic hydroxyl groups excluding tert-OH is 1. The van der Waals surface area contributed by atoms with Gasteiger partial charge in [0.15, 0.2) is 0 Å². The summed E-state index contributed by atoms with van der Waals surface area (Å²) in [6.07, 6.45) is 4.84. The second-order valence-electron chi connectivity index (χ2n) is 15.3. The van der Waals surface area contributed by atoms with Crippen molar-refractivity contribution in [3.8, 4) is 11.3 Å². The van der Waals surface area contributed by atoms with E-state index in [0.717, 1.165) is 34.4 Å². The van der Waals surface area contributed by atoms with Gasteiger partial charge in [0.1, 0.15) is 5.76 Å². The Morgan fingerprint density at radius 2 is 1.53 bits per heavy atom. The predicted octanol–water partition coefficient (Wildman–Crippen LogP) is 12.1. The zero-order valence-electron chi connectivity index (χ0n) is 30.1. The second-order valence-corrected chi connectivity index (χ2v) is 16.3. The van der Waals surface area contributed by atoms with Crippen LogP contribution < -0.4 is 9.80 Å². The van der Waals surface area contributed by atoms with E-state index in [0.29, 0.717) is 11.7 Å². The van der Waals surface area contributed by atoms with Crippen molar-refractivity contribution in [1.29, 1.82) is 0 Å². The molecule has 4 aromatic carbocycles. The summed E-state index contributed by atoms with van der Waals surface area (Å²) in [5.41, 5.74) is 6.97. The third kappa shape index (κ3) is 7.57. The maximum Gasteiger partial charge on any atom is 0.111 e. The van der Waals surface area contributed by atoms with Crippen LogP contribution in [-0.2, 0) is 31.9 Å². The summed E-state index contributed by atoms with van der Waals surface area (Å²) in [5, 5.41) is 15.1. The van der Waals surface area contributed by atoms with E-state index < -0.39 is 0 Å². The Kier molecular flexibility index (Phi) is 10.6. The number of aromatic nitrogens is 1. The standard InChI is InChI=1S/C29H28NS.C14H19N2O.Ir/c1-18(2)15-20-10-8-12-23-24-13-14-30-26(28(24)31-27(20)23)21-16-19-9-6-7-11-22(19)25(17-21)29(3,4)5;1-14(2,3)13(17)9-16-10-15(4)11-7-5-6-8-12(11)16;/h6-14,17-18H,15H2,1-5H3;5-10,17H,1-4H3;/q2*-1;/b;13-9-;. The maximum atomic E-state index is 10.0. The van der Waals surface area contributed by atoms with Crippen molar-refractivity contribution in [1.82, 2.24) is 4.98 Å². The summed E-state index contributed by atoms with van der Waals surface area (Å²) >= 11 is 1.89. The number of anilines is 2. The van der Waals surface area contributed by atoms with Gasteiger partial charge in [0.25, 0.3) is 0 Å². The van der Waals surface area contributed by atoms with Crippen LogP contribution in [0.2, 0.25) is 0 Å². The minimum atomic E-state index is -0.232. The van der Waals surface area contributed by atoms with Crippen molar-refractivity contribution in [3.05, 3.63) is 121 Å². The zero-order chi connectivity index (χ0) is 34.4. The Morgan fingerprint density at radius 1 is 0.878 bits per heavy atom. The molecule has 1 N–H and O–H groups in total. The van der Waals surface area contributed by atoms with Crippen molar-refractivity contribution >= 4 is 53.7 Å². The summed E-state index contributed by atoms with van der Waals surface area (Å²) in [6, 6.07) is 31.6. The van der Waals surface area contributed by atoms with Crippen LogP contribution in [0.3, 0.4) is 0 Å². The van der Waals surface area contributed by atoms with E-state index in [9.17, 15) is 5.11 Å². The van der Waals surface area contributed by atoms with Crippen molar-refractivity contribution in [2.45, 2.75) is 67.2 Å². The molecule has 0 saturated carbocycles. The molecule has 0 saturated heterocycles. The molecule has 1 aliphatic rings. The van der Waals surface area contributed by atoms with Crippen LogP contribution in [-0.4, -0.2) is 17.1 Å². The number of pyridine rings is 1. The van der Waals surface area contributed by atoms with Crippen molar-refractivity contribution < 1.29 is 25.2 Å². The second kappa shape index (κ2) is 14.3. The summed E-state index contributed by atoms with van der Waals surface area (Å²) in [7, 11) is 2.00. The van der Waals surface area contributed by atoms with Crippen LogP contribution in [0, 0.1) is 24.1 Å². The Morgan fingerprint density at radius 3 is 2.22 bits per heavy atom. The Balaban J connectivity index is 0.000000221. The molecular formula is C43H47IrN3OS-2. The number of nitrogens with zero attached hydrogens (tertiary/aromatic N) is 3. The van der Waals surface area contributed by atoms with Gasteiger partial charge in [-0.3, -0.25) is 4.98 Å². The van der Waals surface area contributed by atoms with Crippen molar-refractivity contribution in [3.63, 3.8) is 0 Å². The van der Waals surface area contributed by atoms with Gasteiger partial charge in [-0.1, -0.05) is 115 Å². The number of para-hydroxylation sites is 2. The molecule has 257 valence electrons. The smallest absolute Gasteiger partial charge is 0.111 e. The first-order valence-electron chi connectivity index (χ1n) is 16.8. The van der Waals surface area contributed by atoms with Gasteiger partial charge in [-0.05, 0) is 54.0 Å². The molecule has 0 aliphatic carbocycles. The molecule has 7 rings (SSSR count). The molecule has 0 amide bonds. The van der Waals surface area contributed by atoms with E-state index in [4.69, 9.17) is 4.98 Å². The predicted molar refractivity (Wildman–Crippen MR) is 208 cm³/mol. The van der Waals surface area contributed by atoms with Gasteiger partial charge in [-0.25, -0.2) is 0 Å². The fraction of sp³-hybridized carbons (Fsp3) is 0.302. The van der Waals surface area contributed by atoms with E-state index in [1.807, 2.05) is 80.0 Å². The molecule has 0 unspecified atom stereocenters. The average molecular weight is 846 g/mol. The number of hydrogen-bond acceptors (Lipinski definition) is 5. The van der Waals surface area contributed by atoms with E-state index in [1.165, 1.54) is 36.7 Å². The average Bonchev–Trinajstić information content (AvgIpc) is 3.58. The first-order chi connectivity index (χ1) is 22.7. The molecule has 49 heavy (non-hydrogen) atoms. The first kappa shape index (κ1) is 36.6. The SMILES string of the molecule is CC(C)Cc1cccc2c1sc1c(-c3[c-]c4ccccc4c(C(C)(C)C)c3)nccc12.CN1[CH-]N(/C=C(\O)C(C)(C)C)c2ccccc21.[Ir]. The molecule has 4 nitrogen and oxygen atoms in total. The molecule has 0 spiro atoms. The largest absolute Gasteiger partial charge is 0.510 e. The van der Waals surface area contributed by atoms with Gasteiger partial charge < -0.3 is 14.9 Å². The van der Waals surface area contributed by atoms with Crippen molar-refractivity contribution in [2.75, 3.05) is 16.8 Å². The van der Waals surface area contributed by atoms with Crippen LogP contribution in [0.5, 0.6) is 0 Å². The fourth-order valence-corrected chi connectivity index (χ4v) is 7.60. The molecule has 0 atom stereocenters. The van der Waals surface area contributed by atoms with E-state index >= 15 is 0 Å². The summed E-state index contributed by atoms with van der Waals surface area (Å²) in [5.74, 6) is 1.01. The van der Waals surface area contributed by atoms with Crippen LogP contribution >= 0.6 is 11.3 Å². The molecular weight excluding hydrogens is 799 g/mol. The van der Waals surface area contributed by atoms with Crippen LogP contribution in [0.4, 0.5) is 11.4 Å². The van der Waals surface area contributed by atoms with Gasteiger partial charge in [0.05, 0.1) is 0 Å². The summed E-state index contributed by atoms with van der Waals surface area (Å²) in [6.45, 7) is 19.4. The normalized spacial score (nSPS) is 13.6. The number of allylic oxidation sites excluding steroid dienone is 1. The number of benzene rings is 4. The minimum absolute atomic E-state index is 0. The Bertz CT molecular complexity index is 2130. The third-order valence-corrected chi connectivity index (χ3v) is 10.1. The number of aliphatic hydroxyl groups is 1. The third-order valence-electron chi connectivity index (χ3n) is 8.83. The van der Waals surface area contributed by atoms with E-state index in [2.05, 4.69) is 101 Å². The molecule has 2 aromatic heterocycles. The minimum Gasteiger partial charge on any atom is -0.510 e. The number of hydrogen-bond donors (Lipinski definition) is 1. The molecule has 1 radical (unpaired) electrons.